The zero-order valence-electron chi connectivity index (χ0n) is 13.6. The van der Waals surface area contributed by atoms with Crippen LogP contribution in [0, 0.1) is 0 Å². The first kappa shape index (κ1) is 15.3. The Morgan fingerprint density at radius 2 is 2.09 bits per heavy atom. The zero-order chi connectivity index (χ0) is 16.4. The van der Waals surface area contributed by atoms with Crippen LogP contribution in [0.15, 0.2) is 29.1 Å². The van der Waals surface area contributed by atoms with Crippen molar-refractivity contribution in [3.05, 3.63) is 51.7 Å². The minimum absolute atomic E-state index is 0.155. The second-order valence-electron chi connectivity index (χ2n) is 5.52. The molecule has 3 rings (SSSR count). The molecule has 0 saturated carbocycles. The van der Waals surface area contributed by atoms with Crippen LogP contribution in [-0.4, -0.2) is 26.9 Å². The monoisotopic (exact) mass is 312 g/mol. The Morgan fingerprint density at radius 3 is 2.83 bits per heavy atom. The van der Waals surface area contributed by atoms with Crippen LogP contribution >= 0.6 is 0 Å². The lowest BCUT2D eigenvalue weighted by Crippen LogP contribution is -2.14. The standard InChI is InChI=1S/C17H20N4O2/c1-4-7-12-15-16(21(2)20-12)17(22)19-14(18-15)10-11-8-5-6-9-13(11)23-3/h5-6,8-9H,4,7,10H2,1-3H3,(H,18,19,22). The van der Waals surface area contributed by atoms with Crippen molar-refractivity contribution in [2.75, 3.05) is 7.11 Å². The number of methoxy groups -OCH3 is 1. The van der Waals surface area contributed by atoms with Gasteiger partial charge < -0.3 is 9.72 Å². The number of ether oxygens (including phenoxy) is 1. The zero-order valence-corrected chi connectivity index (χ0v) is 13.6. The van der Waals surface area contributed by atoms with Gasteiger partial charge >= 0.3 is 0 Å². The highest BCUT2D eigenvalue weighted by molar-refractivity contribution is 5.76. The van der Waals surface area contributed by atoms with Crippen molar-refractivity contribution in [2.45, 2.75) is 26.2 Å². The van der Waals surface area contributed by atoms with E-state index < -0.39 is 0 Å². The summed E-state index contributed by atoms with van der Waals surface area (Å²) >= 11 is 0. The minimum Gasteiger partial charge on any atom is -0.496 e. The third-order valence-corrected chi connectivity index (χ3v) is 3.85. The molecule has 0 aliphatic heterocycles. The second kappa shape index (κ2) is 6.24. The summed E-state index contributed by atoms with van der Waals surface area (Å²) in [6.07, 6.45) is 2.28. The van der Waals surface area contributed by atoms with Gasteiger partial charge in [-0.1, -0.05) is 31.5 Å². The average Bonchev–Trinajstić information content (AvgIpc) is 2.85. The molecular weight excluding hydrogens is 292 g/mol. The summed E-state index contributed by atoms with van der Waals surface area (Å²) in [5.74, 6) is 1.41. The Bertz CT molecular complexity index is 895. The average molecular weight is 312 g/mol. The largest absolute Gasteiger partial charge is 0.496 e. The first-order chi connectivity index (χ1) is 11.1. The smallest absolute Gasteiger partial charge is 0.277 e. The molecule has 0 bridgehead atoms. The van der Waals surface area contributed by atoms with Crippen molar-refractivity contribution in [3.63, 3.8) is 0 Å². The van der Waals surface area contributed by atoms with E-state index >= 15 is 0 Å². The highest BCUT2D eigenvalue weighted by Crippen LogP contribution is 2.20. The Labute approximate surface area is 134 Å². The van der Waals surface area contributed by atoms with Crippen molar-refractivity contribution >= 4 is 11.0 Å². The lowest BCUT2D eigenvalue weighted by Gasteiger charge is -2.07. The molecule has 1 N–H and O–H groups in total. The van der Waals surface area contributed by atoms with Crippen LogP contribution in [-0.2, 0) is 19.9 Å². The van der Waals surface area contributed by atoms with E-state index in [1.165, 1.54) is 0 Å². The molecule has 3 aromatic rings. The first-order valence-corrected chi connectivity index (χ1v) is 7.70. The number of aromatic amines is 1. The maximum Gasteiger partial charge on any atom is 0.277 e. The van der Waals surface area contributed by atoms with Gasteiger partial charge in [0.15, 0.2) is 5.52 Å². The van der Waals surface area contributed by atoms with E-state index in [0.29, 0.717) is 23.3 Å². The Hall–Kier alpha value is -2.63. The van der Waals surface area contributed by atoms with E-state index in [4.69, 9.17) is 4.74 Å². The molecule has 0 fully saturated rings. The summed E-state index contributed by atoms with van der Waals surface area (Å²) in [6.45, 7) is 2.09. The van der Waals surface area contributed by atoms with E-state index in [2.05, 4.69) is 22.0 Å². The number of H-pyrrole nitrogens is 1. The molecule has 0 amide bonds. The predicted molar refractivity (Wildman–Crippen MR) is 88.9 cm³/mol. The van der Waals surface area contributed by atoms with Gasteiger partial charge in [-0.15, -0.1) is 0 Å². The van der Waals surface area contributed by atoms with Crippen molar-refractivity contribution in [1.29, 1.82) is 0 Å². The van der Waals surface area contributed by atoms with E-state index in [-0.39, 0.29) is 5.56 Å². The topological polar surface area (TPSA) is 72.8 Å². The van der Waals surface area contributed by atoms with Crippen LogP contribution in [0.3, 0.4) is 0 Å². The third kappa shape index (κ3) is 2.84. The normalized spacial score (nSPS) is 11.1. The number of para-hydroxylation sites is 1. The molecule has 0 spiro atoms. The number of nitrogens with one attached hydrogen (secondary N) is 1. The molecule has 6 nitrogen and oxygen atoms in total. The van der Waals surface area contributed by atoms with Gasteiger partial charge in [0, 0.05) is 19.0 Å². The molecule has 0 atom stereocenters. The summed E-state index contributed by atoms with van der Waals surface area (Å²) in [7, 11) is 3.41. The van der Waals surface area contributed by atoms with Gasteiger partial charge in [-0.2, -0.15) is 5.10 Å². The molecule has 2 heterocycles. The van der Waals surface area contributed by atoms with Gasteiger partial charge in [0.2, 0.25) is 0 Å². The summed E-state index contributed by atoms with van der Waals surface area (Å²) in [4.78, 5) is 19.9. The van der Waals surface area contributed by atoms with E-state index in [0.717, 1.165) is 29.8 Å². The summed E-state index contributed by atoms with van der Waals surface area (Å²) in [5, 5.41) is 4.43. The molecule has 0 unspecified atom stereocenters. The SMILES string of the molecule is CCCc1nn(C)c2c(=O)[nH]c(Cc3ccccc3OC)nc12. The van der Waals surface area contributed by atoms with Crippen LogP contribution in [0.4, 0.5) is 0 Å². The highest BCUT2D eigenvalue weighted by Gasteiger charge is 2.15. The number of hydrogen-bond donors (Lipinski definition) is 1. The van der Waals surface area contributed by atoms with Crippen molar-refractivity contribution in [3.8, 4) is 5.75 Å². The number of nitrogens with zero attached hydrogens (tertiary/aromatic N) is 3. The quantitative estimate of drug-likeness (QED) is 0.784. The first-order valence-electron chi connectivity index (χ1n) is 7.70. The van der Waals surface area contributed by atoms with Gasteiger partial charge in [0.1, 0.15) is 17.1 Å². The predicted octanol–water partition coefficient (Wildman–Crippen LogP) is 2.21. The summed E-state index contributed by atoms with van der Waals surface area (Å²) in [6, 6.07) is 7.74. The molecule has 6 heteroatoms. The fourth-order valence-corrected chi connectivity index (χ4v) is 2.81. The molecule has 1 aromatic carbocycles. The van der Waals surface area contributed by atoms with E-state index in [1.807, 2.05) is 24.3 Å². The number of fused-ring (bicyclic) bond motifs is 1. The maximum absolute atomic E-state index is 12.4. The Balaban J connectivity index is 2.08. The van der Waals surface area contributed by atoms with Crippen molar-refractivity contribution in [2.24, 2.45) is 7.05 Å². The van der Waals surface area contributed by atoms with Gasteiger partial charge in [0.05, 0.1) is 12.8 Å². The summed E-state index contributed by atoms with van der Waals surface area (Å²) < 4.78 is 6.98. The molecule has 0 aliphatic carbocycles. The van der Waals surface area contributed by atoms with Gasteiger partial charge in [-0.25, -0.2) is 4.98 Å². The van der Waals surface area contributed by atoms with Crippen LogP contribution in [0.1, 0.15) is 30.4 Å². The van der Waals surface area contributed by atoms with Gasteiger partial charge in [-0.3, -0.25) is 9.48 Å². The van der Waals surface area contributed by atoms with Crippen LogP contribution < -0.4 is 10.3 Å². The molecule has 120 valence electrons. The number of aromatic nitrogens is 4. The van der Waals surface area contributed by atoms with E-state index in [1.54, 1.807) is 18.8 Å². The lowest BCUT2D eigenvalue weighted by molar-refractivity contribution is 0.410. The molecule has 0 aliphatic rings. The fourth-order valence-electron chi connectivity index (χ4n) is 2.81. The lowest BCUT2D eigenvalue weighted by atomic mass is 10.1. The van der Waals surface area contributed by atoms with Crippen molar-refractivity contribution < 1.29 is 4.74 Å². The van der Waals surface area contributed by atoms with E-state index in [9.17, 15) is 4.79 Å². The summed E-state index contributed by atoms with van der Waals surface area (Å²) in [5.41, 5.74) is 2.92. The molecule has 0 saturated heterocycles. The van der Waals surface area contributed by atoms with Gasteiger partial charge in [0.25, 0.3) is 5.56 Å². The van der Waals surface area contributed by atoms with Crippen LogP contribution in [0.25, 0.3) is 11.0 Å². The number of hydrogen-bond acceptors (Lipinski definition) is 4. The maximum atomic E-state index is 12.4. The number of aryl methyl sites for hydroxylation is 2. The van der Waals surface area contributed by atoms with Gasteiger partial charge in [-0.05, 0) is 12.5 Å². The van der Waals surface area contributed by atoms with Crippen LogP contribution in [0.2, 0.25) is 0 Å². The van der Waals surface area contributed by atoms with Crippen molar-refractivity contribution in [1.82, 2.24) is 19.7 Å². The molecule has 23 heavy (non-hydrogen) atoms. The molecular formula is C17H20N4O2. The Morgan fingerprint density at radius 1 is 1.30 bits per heavy atom. The van der Waals surface area contributed by atoms with Crippen LogP contribution in [0.5, 0.6) is 5.75 Å². The highest BCUT2D eigenvalue weighted by atomic mass is 16.5. The second-order valence-corrected chi connectivity index (χ2v) is 5.52. The number of benzene rings is 1. The molecule has 2 aromatic heterocycles. The Kier molecular flexibility index (Phi) is 4.14. The molecule has 0 radical (unpaired) electrons. The third-order valence-electron chi connectivity index (χ3n) is 3.85. The minimum atomic E-state index is -0.155. The fraction of sp³-hybridized carbons (Fsp3) is 0.353. The number of rotatable bonds is 5.